The summed E-state index contributed by atoms with van der Waals surface area (Å²) in [5, 5.41) is 0. The Labute approximate surface area is 85.2 Å². The van der Waals surface area contributed by atoms with Crippen molar-refractivity contribution in [1.29, 1.82) is 0 Å². The predicted molar refractivity (Wildman–Crippen MR) is 45.7 cm³/mol. The van der Waals surface area contributed by atoms with Crippen LogP contribution in [0.5, 0.6) is 0 Å². The average Bonchev–Trinajstić information content (AvgIpc) is 1.65. The van der Waals surface area contributed by atoms with Crippen molar-refractivity contribution in [3.05, 3.63) is 12.7 Å². The van der Waals surface area contributed by atoms with Gasteiger partial charge >= 0.3 is 0 Å². The van der Waals surface area contributed by atoms with E-state index in [4.69, 9.17) is 0 Å². The Balaban J connectivity index is -0.0000000910. The van der Waals surface area contributed by atoms with Crippen LogP contribution < -0.4 is 5.73 Å². The molecule has 3 heteroatoms. The van der Waals surface area contributed by atoms with Gasteiger partial charge in [0.05, 0.1) is 0 Å². The number of hydrogen-bond donors (Lipinski definition) is 1. The topological polar surface area (TPSA) is 43.1 Å². The first kappa shape index (κ1) is 16.7. The van der Waals surface area contributed by atoms with Gasteiger partial charge in [0, 0.05) is 29.6 Å². The van der Waals surface area contributed by atoms with Crippen LogP contribution in [-0.4, -0.2) is 35.5 Å². The normalized spacial score (nSPS) is 6.80. The first-order chi connectivity index (χ1) is 4.00. The van der Waals surface area contributed by atoms with Gasteiger partial charge in [-0.3, -0.25) is 4.79 Å². The van der Waals surface area contributed by atoms with E-state index in [0.717, 1.165) is 12.0 Å². The molecule has 0 aliphatic carbocycles. The fraction of sp³-hybridized carbons (Fsp3) is 0.571. The van der Waals surface area contributed by atoms with Crippen molar-refractivity contribution >= 4 is 35.5 Å². The largest absolute Gasteiger partial charge is 0.366 e. The van der Waals surface area contributed by atoms with E-state index in [2.05, 4.69) is 33.1 Å². The third kappa shape index (κ3) is 87.4. The molecule has 2 nitrogen and oxygen atoms in total. The van der Waals surface area contributed by atoms with E-state index in [1.54, 1.807) is 0 Å². The summed E-state index contributed by atoms with van der Waals surface area (Å²) in [4.78, 5) is 9.47. The molecule has 0 rings (SSSR count). The van der Waals surface area contributed by atoms with Crippen LogP contribution in [0.15, 0.2) is 12.7 Å². The first-order valence-corrected chi connectivity index (χ1v) is 2.92. The molecule has 55 valence electrons. The second kappa shape index (κ2) is 11.9. The molecule has 0 aromatic rings. The van der Waals surface area contributed by atoms with Gasteiger partial charge in [0.15, 0.2) is 0 Å². The van der Waals surface area contributed by atoms with Crippen molar-refractivity contribution in [3.8, 4) is 0 Å². The summed E-state index contributed by atoms with van der Waals surface area (Å²) in [5.41, 5.74) is 4.53. The molecule has 0 atom stereocenters. The summed E-state index contributed by atoms with van der Waals surface area (Å²) in [5.74, 6) is 0.352. The molecule has 0 saturated carbocycles. The van der Waals surface area contributed by atoms with Crippen molar-refractivity contribution < 1.29 is 4.79 Å². The maximum atomic E-state index is 9.47. The van der Waals surface area contributed by atoms with Crippen molar-refractivity contribution in [1.82, 2.24) is 0 Å². The van der Waals surface area contributed by atoms with Gasteiger partial charge in [0.25, 0.3) is 0 Å². The standard InChI is InChI=1S/C4H10.C3H5NO.Na/c1-4(2)3;1-2-3(4)5;/h4H,1-3H3;2H,1H2,(H2,4,5);. The minimum atomic E-state index is -0.481. The second-order valence-corrected chi connectivity index (χ2v) is 2.34. The van der Waals surface area contributed by atoms with E-state index in [0.29, 0.717) is 0 Å². The van der Waals surface area contributed by atoms with Crippen LogP contribution in [-0.2, 0) is 4.79 Å². The number of primary amides is 1. The molecule has 0 spiro atoms. The number of nitrogens with two attached hydrogens (primary N) is 1. The molecule has 0 bridgehead atoms. The predicted octanol–water partition coefficient (Wildman–Crippen LogP) is 0.939. The van der Waals surface area contributed by atoms with E-state index >= 15 is 0 Å². The second-order valence-electron chi connectivity index (χ2n) is 2.34. The van der Waals surface area contributed by atoms with Crippen molar-refractivity contribution in [2.75, 3.05) is 0 Å². The van der Waals surface area contributed by atoms with Gasteiger partial charge in [-0.1, -0.05) is 27.4 Å². The Morgan fingerprint density at radius 2 is 1.60 bits per heavy atom. The minimum absolute atomic E-state index is 0. The summed E-state index contributed by atoms with van der Waals surface area (Å²) in [6, 6.07) is 0. The van der Waals surface area contributed by atoms with Crippen LogP contribution in [0.4, 0.5) is 0 Å². The molecule has 0 unspecified atom stereocenters. The zero-order chi connectivity index (χ0) is 7.86. The van der Waals surface area contributed by atoms with Crippen molar-refractivity contribution in [3.63, 3.8) is 0 Å². The van der Waals surface area contributed by atoms with Crippen LogP contribution in [0.25, 0.3) is 0 Å². The van der Waals surface area contributed by atoms with Crippen LogP contribution in [0.2, 0.25) is 0 Å². The number of carbonyl (C=O) groups excluding carboxylic acids is 1. The Kier molecular flexibility index (Phi) is 19.9. The molecule has 0 aliphatic heterocycles. The summed E-state index contributed by atoms with van der Waals surface area (Å²) < 4.78 is 0. The minimum Gasteiger partial charge on any atom is -0.366 e. The van der Waals surface area contributed by atoms with Crippen molar-refractivity contribution in [2.45, 2.75) is 20.8 Å². The fourth-order valence-electron chi connectivity index (χ4n) is 0. The molecule has 2 N–H and O–H groups in total. The molecule has 10 heavy (non-hydrogen) atoms. The monoisotopic (exact) mass is 152 g/mol. The third-order valence-corrected chi connectivity index (χ3v) is 0.201. The molecule has 0 fully saturated rings. The Morgan fingerprint density at radius 3 is 1.60 bits per heavy atom. The van der Waals surface area contributed by atoms with Gasteiger partial charge in [-0.25, -0.2) is 0 Å². The molecule has 0 saturated heterocycles. The SMILES string of the molecule is C=CC(N)=O.CC(C)C.[Na]. The first-order valence-electron chi connectivity index (χ1n) is 2.92. The quantitative estimate of drug-likeness (QED) is 0.441. The maximum Gasteiger partial charge on any atom is 0.240 e. The molecule has 0 aromatic heterocycles. The molecule has 1 radical (unpaired) electrons. The van der Waals surface area contributed by atoms with E-state index in [1.165, 1.54) is 0 Å². The molecule has 0 aliphatic rings. The van der Waals surface area contributed by atoms with E-state index in [1.807, 2.05) is 0 Å². The fourth-order valence-corrected chi connectivity index (χ4v) is 0. The zero-order valence-corrected chi connectivity index (χ0v) is 9.35. The summed E-state index contributed by atoms with van der Waals surface area (Å²) in [7, 11) is 0. The average molecular weight is 152 g/mol. The van der Waals surface area contributed by atoms with Gasteiger partial charge in [-0.05, 0) is 12.0 Å². The van der Waals surface area contributed by atoms with E-state index in [-0.39, 0.29) is 29.6 Å². The van der Waals surface area contributed by atoms with Gasteiger partial charge in [-0.2, -0.15) is 0 Å². The number of amides is 1. The van der Waals surface area contributed by atoms with Gasteiger partial charge in [0.2, 0.25) is 5.91 Å². The van der Waals surface area contributed by atoms with Crippen LogP contribution in [0.1, 0.15) is 20.8 Å². The molecule has 0 heterocycles. The Bertz CT molecular complexity index is 88.9. The summed E-state index contributed by atoms with van der Waals surface area (Å²) in [6.07, 6.45) is 1.06. The van der Waals surface area contributed by atoms with Gasteiger partial charge in [-0.15, -0.1) is 0 Å². The molecule has 0 aromatic carbocycles. The maximum absolute atomic E-state index is 9.47. The van der Waals surface area contributed by atoms with Gasteiger partial charge in [0.1, 0.15) is 0 Å². The Hall–Kier alpha value is 0.210. The summed E-state index contributed by atoms with van der Waals surface area (Å²) in [6.45, 7) is 9.59. The zero-order valence-electron chi connectivity index (χ0n) is 7.35. The smallest absolute Gasteiger partial charge is 0.240 e. The van der Waals surface area contributed by atoms with Crippen molar-refractivity contribution in [2.24, 2.45) is 11.7 Å². The Morgan fingerprint density at radius 1 is 1.50 bits per heavy atom. The van der Waals surface area contributed by atoms with Crippen LogP contribution in [0, 0.1) is 5.92 Å². The molecule has 1 amide bonds. The number of rotatable bonds is 1. The van der Waals surface area contributed by atoms with E-state index < -0.39 is 5.91 Å². The molecular formula is C7H15NNaO. The van der Waals surface area contributed by atoms with Crippen LogP contribution >= 0.6 is 0 Å². The third-order valence-electron chi connectivity index (χ3n) is 0.201. The number of hydrogen-bond acceptors (Lipinski definition) is 1. The van der Waals surface area contributed by atoms with Crippen LogP contribution in [0.3, 0.4) is 0 Å². The van der Waals surface area contributed by atoms with Gasteiger partial charge < -0.3 is 5.73 Å². The number of carbonyl (C=O) groups is 1. The van der Waals surface area contributed by atoms with E-state index in [9.17, 15) is 4.79 Å². The molecular weight excluding hydrogens is 137 g/mol. The summed E-state index contributed by atoms with van der Waals surface area (Å²) >= 11 is 0.